The molecule has 1 saturated heterocycles. The zero-order valence-electron chi connectivity index (χ0n) is 18.0. The summed E-state index contributed by atoms with van der Waals surface area (Å²) in [5, 5.41) is 9.51. The van der Waals surface area contributed by atoms with Gasteiger partial charge in [0.1, 0.15) is 11.3 Å². The number of imidazole rings is 1. The normalized spacial score (nSPS) is 15.5. The molecule has 0 unspecified atom stereocenters. The molecule has 0 radical (unpaired) electrons. The number of piperidine rings is 1. The predicted molar refractivity (Wildman–Crippen MR) is 122 cm³/mol. The van der Waals surface area contributed by atoms with E-state index in [-0.39, 0.29) is 24.0 Å². The molecule has 2 N–H and O–H groups in total. The lowest BCUT2D eigenvalue weighted by atomic mass is 9.93. The van der Waals surface area contributed by atoms with Gasteiger partial charge in [0.25, 0.3) is 11.5 Å². The number of H-pyrrole nitrogens is 1. The number of amides is 1. The number of hydrogen-bond donors (Lipinski definition) is 2. The summed E-state index contributed by atoms with van der Waals surface area (Å²) in [4.78, 5) is 35.1. The molecule has 1 amide bonds. The standard InChI is InChI=1S/C23H29ClN4O3/c1-3-15(4-2)21-25-13-20-22(30)26-18-11-16(17(24)12-19(18)28(20)21)23(31)27-8-5-14(6-9-27)7-10-29/h11-15,29H,3-10H2,1-2H3,(H,26,30). The molecule has 0 aliphatic carbocycles. The molecule has 1 aromatic carbocycles. The topological polar surface area (TPSA) is 90.7 Å². The third-order valence-corrected chi connectivity index (χ3v) is 6.93. The Balaban J connectivity index is 1.75. The number of rotatable bonds is 6. The molecule has 0 bridgehead atoms. The van der Waals surface area contributed by atoms with Crippen molar-refractivity contribution in [3.63, 3.8) is 0 Å². The van der Waals surface area contributed by atoms with Gasteiger partial charge >= 0.3 is 0 Å². The van der Waals surface area contributed by atoms with E-state index in [1.807, 2.05) is 9.30 Å². The molecule has 166 valence electrons. The Labute approximate surface area is 186 Å². The van der Waals surface area contributed by atoms with Crippen molar-refractivity contribution < 1.29 is 9.90 Å². The molecule has 8 heteroatoms. The van der Waals surface area contributed by atoms with E-state index in [0.717, 1.165) is 43.4 Å². The fourth-order valence-corrected chi connectivity index (χ4v) is 4.94. The Bertz CT molecular complexity index is 1160. The highest BCUT2D eigenvalue weighted by Crippen LogP contribution is 2.29. The van der Waals surface area contributed by atoms with Crippen LogP contribution in [0, 0.1) is 5.92 Å². The summed E-state index contributed by atoms with van der Waals surface area (Å²) in [7, 11) is 0. The molecule has 0 atom stereocenters. The van der Waals surface area contributed by atoms with Crippen molar-refractivity contribution in [2.45, 2.75) is 51.9 Å². The van der Waals surface area contributed by atoms with Crippen LogP contribution in [0.3, 0.4) is 0 Å². The average molecular weight is 445 g/mol. The number of aromatic nitrogens is 3. The number of aliphatic hydroxyl groups is 1. The van der Waals surface area contributed by atoms with Crippen molar-refractivity contribution in [2.24, 2.45) is 5.92 Å². The molecule has 31 heavy (non-hydrogen) atoms. The summed E-state index contributed by atoms with van der Waals surface area (Å²) < 4.78 is 1.88. The molecule has 4 rings (SSSR count). The van der Waals surface area contributed by atoms with Crippen LogP contribution in [-0.4, -0.2) is 50.0 Å². The van der Waals surface area contributed by atoms with E-state index in [1.165, 1.54) is 0 Å². The van der Waals surface area contributed by atoms with Gasteiger partial charge in [-0.1, -0.05) is 25.4 Å². The molecule has 2 aromatic heterocycles. The fraction of sp³-hybridized carbons (Fsp3) is 0.522. The maximum absolute atomic E-state index is 13.2. The lowest BCUT2D eigenvalue weighted by Crippen LogP contribution is -2.38. The number of likely N-dealkylation sites (tertiary alicyclic amines) is 1. The molecule has 1 fully saturated rings. The summed E-state index contributed by atoms with van der Waals surface area (Å²) in [5.74, 6) is 1.40. The van der Waals surface area contributed by atoms with Crippen LogP contribution in [0.4, 0.5) is 0 Å². The van der Waals surface area contributed by atoms with Crippen LogP contribution in [0.15, 0.2) is 23.1 Å². The molecule has 3 aromatic rings. The zero-order chi connectivity index (χ0) is 22.1. The second kappa shape index (κ2) is 9.01. The first-order valence-electron chi connectivity index (χ1n) is 11.1. The van der Waals surface area contributed by atoms with Crippen LogP contribution in [0.5, 0.6) is 0 Å². The van der Waals surface area contributed by atoms with E-state index in [9.17, 15) is 9.59 Å². The van der Waals surface area contributed by atoms with Gasteiger partial charge in [0.05, 0.1) is 27.8 Å². The van der Waals surface area contributed by atoms with Crippen molar-refractivity contribution in [1.29, 1.82) is 0 Å². The SMILES string of the molecule is CCC(CC)c1ncc2c(=O)[nH]c3cc(C(=O)N4CCC(CCO)CC4)c(Cl)cc3n12. The number of carbonyl (C=O) groups excluding carboxylic acids is 1. The van der Waals surface area contributed by atoms with Crippen molar-refractivity contribution in [3.05, 3.63) is 45.1 Å². The summed E-state index contributed by atoms with van der Waals surface area (Å²) in [5.41, 5.74) is 1.97. The van der Waals surface area contributed by atoms with Gasteiger partial charge in [-0.05, 0) is 50.2 Å². The third kappa shape index (κ3) is 3.96. The lowest BCUT2D eigenvalue weighted by molar-refractivity contribution is 0.0678. The molecule has 1 aliphatic rings. The highest BCUT2D eigenvalue weighted by atomic mass is 35.5. The summed E-state index contributed by atoms with van der Waals surface area (Å²) in [6.07, 6.45) is 5.97. The predicted octanol–water partition coefficient (Wildman–Crippen LogP) is 3.97. The Hall–Kier alpha value is -2.38. The Kier molecular flexibility index (Phi) is 6.34. The number of carbonyl (C=O) groups is 1. The Morgan fingerprint density at radius 1 is 1.26 bits per heavy atom. The highest BCUT2D eigenvalue weighted by molar-refractivity contribution is 6.34. The zero-order valence-corrected chi connectivity index (χ0v) is 18.8. The monoisotopic (exact) mass is 444 g/mol. The number of hydrogen-bond acceptors (Lipinski definition) is 4. The molecular formula is C23H29ClN4O3. The van der Waals surface area contributed by atoms with Crippen LogP contribution in [0.1, 0.15) is 68.1 Å². The molecular weight excluding hydrogens is 416 g/mol. The quantitative estimate of drug-likeness (QED) is 0.601. The number of benzene rings is 1. The van der Waals surface area contributed by atoms with E-state index in [4.69, 9.17) is 16.7 Å². The number of aliphatic hydroxyl groups excluding tert-OH is 1. The third-order valence-electron chi connectivity index (χ3n) is 6.62. The first-order chi connectivity index (χ1) is 15.0. The summed E-state index contributed by atoms with van der Waals surface area (Å²) in [6, 6.07) is 3.45. The minimum absolute atomic E-state index is 0.124. The maximum Gasteiger partial charge on any atom is 0.274 e. The van der Waals surface area contributed by atoms with Crippen LogP contribution in [0.25, 0.3) is 16.6 Å². The minimum atomic E-state index is -0.234. The van der Waals surface area contributed by atoms with E-state index in [1.54, 1.807) is 18.3 Å². The van der Waals surface area contributed by atoms with E-state index in [0.29, 0.717) is 40.6 Å². The van der Waals surface area contributed by atoms with E-state index < -0.39 is 0 Å². The molecule has 3 heterocycles. The molecule has 7 nitrogen and oxygen atoms in total. The first-order valence-corrected chi connectivity index (χ1v) is 11.5. The molecule has 0 saturated carbocycles. The van der Waals surface area contributed by atoms with Gasteiger partial charge in [-0.15, -0.1) is 0 Å². The van der Waals surface area contributed by atoms with Gasteiger partial charge < -0.3 is 15.0 Å². The molecule has 1 aliphatic heterocycles. The lowest BCUT2D eigenvalue weighted by Gasteiger charge is -2.32. The second-order valence-corrected chi connectivity index (χ2v) is 8.81. The smallest absolute Gasteiger partial charge is 0.274 e. The van der Waals surface area contributed by atoms with Crippen LogP contribution in [-0.2, 0) is 0 Å². The van der Waals surface area contributed by atoms with Crippen molar-refractivity contribution in [2.75, 3.05) is 19.7 Å². The number of fused-ring (bicyclic) bond motifs is 3. The van der Waals surface area contributed by atoms with Gasteiger partial charge in [-0.2, -0.15) is 0 Å². The van der Waals surface area contributed by atoms with Crippen molar-refractivity contribution in [1.82, 2.24) is 19.3 Å². The largest absolute Gasteiger partial charge is 0.396 e. The highest BCUT2D eigenvalue weighted by Gasteiger charge is 2.26. The first kappa shape index (κ1) is 21.8. The van der Waals surface area contributed by atoms with Crippen molar-refractivity contribution in [3.8, 4) is 0 Å². The van der Waals surface area contributed by atoms with Gasteiger partial charge in [0.2, 0.25) is 0 Å². The summed E-state index contributed by atoms with van der Waals surface area (Å²) in [6.45, 7) is 5.70. The van der Waals surface area contributed by atoms with E-state index in [2.05, 4.69) is 23.8 Å². The minimum Gasteiger partial charge on any atom is -0.396 e. The number of nitrogens with zero attached hydrogens (tertiary/aromatic N) is 3. The summed E-state index contributed by atoms with van der Waals surface area (Å²) >= 11 is 6.60. The van der Waals surface area contributed by atoms with Crippen LogP contribution >= 0.6 is 11.6 Å². The van der Waals surface area contributed by atoms with Gasteiger partial charge in [-0.3, -0.25) is 14.0 Å². The van der Waals surface area contributed by atoms with Gasteiger partial charge in [0.15, 0.2) is 0 Å². The second-order valence-electron chi connectivity index (χ2n) is 8.40. The van der Waals surface area contributed by atoms with Gasteiger partial charge in [-0.25, -0.2) is 4.98 Å². The average Bonchev–Trinajstić information content (AvgIpc) is 3.21. The Morgan fingerprint density at radius 2 is 1.97 bits per heavy atom. The molecule has 0 spiro atoms. The Morgan fingerprint density at radius 3 is 2.61 bits per heavy atom. The van der Waals surface area contributed by atoms with E-state index >= 15 is 0 Å². The fourth-order valence-electron chi connectivity index (χ4n) is 4.70. The van der Waals surface area contributed by atoms with Crippen LogP contribution in [0.2, 0.25) is 5.02 Å². The number of aromatic amines is 1. The number of nitrogens with one attached hydrogen (secondary N) is 1. The van der Waals surface area contributed by atoms with Gasteiger partial charge in [0, 0.05) is 25.6 Å². The van der Waals surface area contributed by atoms with Crippen molar-refractivity contribution >= 4 is 34.1 Å². The maximum atomic E-state index is 13.2. The van der Waals surface area contributed by atoms with Crippen LogP contribution < -0.4 is 5.56 Å². The number of halogens is 1.